The monoisotopic (exact) mass is 430 g/mol. The number of rotatable bonds is 12. The molecule has 29 heavy (non-hydrogen) atoms. The van der Waals surface area contributed by atoms with Crippen LogP contribution in [0.25, 0.3) is 0 Å². The summed E-state index contributed by atoms with van der Waals surface area (Å²) in [6.45, 7) is 1.48. The smallest absolute Gasteiger partial charge is 0.422 e. The van der Waals surface area contributed by atoms with E-state index in [2.05, 4.69) is 11.7 Å². The summed E-state index contributed by atoms with van der Waals surface area (Å²) in [6.07, 6.45) is 2.75. The maximum absolute atomic E-state index is 12.2. The third kappa shape index (κ3) is 9.31. The number of benzene rings is 2. The third-order valence-electron chi connectivity index (χ3n) is 4.12. The summed E-state index contributed by atoms with van der Waals surface area (Å²) in [7, 11) is 0. The molecule has 0 amide bonds. The Labute approximate surface area is 174 Å². The van der Waals surface area contributed by atoms with Gasteiger partial charge in [0.05, 0.1) is 11.6 Å². The Morgan fingerprint density at radius 1 is 0.793 bits per heavy atom. The van der Waals surface area contributed by atoms with E-state index in [1.807, 2.05) is 0 Å². The van der Waals surface area contributed by atoms with Gasteiger partial charge in [0.15, 0.2) is 6.61 Å². The van der Waals surface area contributed by atoms with Gasteiger partial charge in [-0.05, 0) is 42.8 Å². The van der Waals surface area contributed by atoms with Gasteiger partial charge in [0.2, 0.25) is 0 Å². The van der Waals surface area contributed by atoms with Gasteiger partial charge in [-0.15, -0.1) is 0 Å². The number of unbranched alkanes of at least 4 members (excludes halogenated alkanes) is 5. The van der Waals surface area contributed by atoms with Crippen LogP contribution in [0.4, 0.5) is 13.2 Å². The molecule has 0 N–H and O–H groups in total. The quantitative estimate of drug-likeness (QED) is 0.321. The van der Waals surface area contributed by atoms with Crippen molar-refractivity contribution in [2.75, 3.05) is 13.2 Å². The second kappa shape index (κ2) is 11.8. The SMILES string of the molecule is CCCCCCCCOc1ccc(Oc2ccc(OCC(F)(F)F)cc2)cc1Cl. The fourth-order valence-electron chi connectivity index (χ4n) is 2.63. The van der Waals surface area contributed by atoms with Crippen molar-refractivity contribution in [3.8, 4) is 23.0 Å². The van der Waals surface area contributed by atoms with Crippen molar-refractivity contribution in [2.45, 2.75) is 51.6 Å². The lowest BCUT2D eigenvalue weighted by Crippen LogP contribution is -2.19. The van der Waals surface area contributed by atoms with Crippen LogP contribution in [0.15, 0.2) is 42.5 Å². The molecule has 0 unspecified atom stereocenters. The summed E-state index contributed by atoms with van der Waals surface area (Å²) in [4.78, 5) is 0. The first-order valence-corrected chi connectivity index (χ1v) is 10.1. The van der Waals surface area contributed by atoms with E-state index in [-0.39, 0.29) is 5.75 Å². The predicted molar refractivity (Wildman–Crippen MR) is 108 cm³/mol. The molecule has 0 aromatic heterocycles. The first kappa shape index (κ1) is 23.2. The molecule has 0 aliphatic carbocycles. The molecule has 2 aromatic carbocycles. The molecule has 0 bridgehead atoms. The fraction of sp³-hybridized carbons (Fsp3) is 0.455. The molecule has 7 heteroatoms. The first-order chi connectivity index (χ1) is 13.9. The fourth-order valence-corrected chi connectivity index (χ4v) is 2.86. The normalized spacial score (nSPS) is 11.3. The number of hydrogen-bond donors (Lipinski definition) is 0. The molecule has 0 atom stereocenters. The molecule has 0 aliphatic rings. The Morgan fingerprint density at radius 2 is 1.41 bits per heavy atom. The Hall–Kier alpha value is -2.08. The van der Waals surface area contributed by atoms with Gasteiger partial charge in [0, 0.05) is 6.07 Å². The average molecular weight is 431 g/mol. The molecular formula is C22H26ClF3O3. The zero-order chi connectivity index (χ0) is 21.1. The number of hydrogen-bond acceptors (Lipinski definition) is 3. The molecule has 0 heterocycles. The largest absolute Gasteiger partial charge is 0.492 e. The van der Waals surface area contributed by atoms with Crippen LogP contribution in [-0.4, -0.2) is 19.4 Å². The van der Waals surface area contributed by atoms with Gasteiger partial charge < -0.3 is 14.2 Å². The Kier molecular flexibility index (Phi) is 9.45. The molecule has 0 aliphatic heterocycles. The molecular weight excluding hydrogens is 405 g/mol. The highest BCUT2D eigenvalue weighted by Gasteiger charge is 2.28. The van der Waals surface area contributed by atoms with Crippen molar-refractivity contribution in [1.82, 2.24) is 0 Å². The summed E-state index contributed by atoms with van der Waals surface area (Å²) in [6, 6.07) is 11.0. The summed E-state index contributed by atoms with van der Waals surface area (Å²) in [5.41, 5.74) is 0. The van der Waals surface area contributed by atoms with Gasteiger partial charge >= 0.3 is 6.18 Å². The van der Waals surface area contributed by atoms with Crippen LogP contribution in [0.2, 0.25) is 5.02 Å². The van der Waals surface area contributed by atoms with Gasteiger partial charge in [0.25, 0.3) is 0 Å². The van der Waals surface area contributed by atoms with E-state index >= 15 is 0 Å². The summed E-state index contributed by atoms with van der Waals surface area (Å²) < 4.78 is 52.6. The molecule has 3 nitrogen and oxygen atoms in total. The van der Waals surface area contributed by atoms with E-state index in [1.165, 1.54) is 49.9 Å². The minimum absolute atomic E-state index is 0.117. The maximum atomic E-state index is 12.2. The Balaban J connectivity index is 1.79. The van der Waals surface area contributed by atoms with Crippen molar-refractivity contribution >= 4 is 11.6 Å². The van der Waals surface area contributed by atoms with Crippen molar-refractivity contribution in [1.29, 1.82) is 0 Å². The van der Waals surface area contributed by atoms with E-state index in [1.54, 1.807) is 18.2 Å². The highest BCUT2D eigenvalue weighted by Crippen LogP contribution is 2.32. The number of halogens is 4. The van der Waals surface area contributed by atoms with Gasteiger partial charge in [-0.3, -0.25) is 0 Å². The molecule has 0 saturated heterocycles. The Morgan fingerprint density at radius 3 is 2.07 bits per heavy atom. The second-order valence-electron chi connectivity index (χ2n) is 6.69. The predicted octanol–water partition coefficient (Wildman–Crippen LogP) is 7.81. The highest BCUT2D eigenvalue weighted by atomic mass is 35.5. The van der Waals surface area contributed by atoms with Crippen LogP contribution in [0.1, 0.15) is 45.4 Å². The average Bonchev–Trinajstić information content (AvgIpc) is 2.67. The van der Waals surface area contributed by atoms with E-state index in [0.717, 1.165) is 12.8 Å². The standard InChI is InChI=1S/C22H26ClF3O3/c1-2-3-4-5-6-7-14-27-21-13-12-19(15-20(21)23)29-18-10-8-17(9-11-18)28-16-22(24,25)26/h8-13,15H,2-7,14,16H2,1H3. The van der Waals surface area contributed by atoms with E-state index < -0.39 is 12.8 Å². The van der Waals surface area contributed by atoms with E-state index in [9.17, 15) is 13.2 Å². The van der Waals surface area contributed by atoms with Gasteiger partial charge in [0.1, 0.15) is 23.0 Å². The van der Waals surface area contributed by atoms with Gasteiger partial charge in [-0.1, -0.05) is 50.6 Å². The molecule has 2 aromatic rings. The van der Waals surface area contributed by atoms with E-state index in [0.29, 0.717) is 28.9 Å². The van der Waals surface area contributed by atoms with Gasteiger partial charge in [-0.25, -0.2) is 0 Å². The van der Waals surface area contributed by atoms with Crippen LogP contribution in [0, 0.1) is 0 Å². The lowest BCUT2D eigenvalue weighted by atomic mass is 10.1. The van der Waals surface area contributed by atoms with Crippen LogP contribution in [-0.2, 0) is 0 Å². The van der Waals surface area contributed by atoms with Crippen LogP contribution in [0.3, 0.4) is 0 Å². The van der Waals surface area contributed by atoms with Crippen LogP contribution in [0.5, 0.6) is 23.0 Å². The Bertz CT molecular complexity index is 733. The summed E-state index contributed by atoms with van der Waals surface area (Å²) >= 11 is 6.25. The van der Waals surface area contributed by atoms with Crippen LogP contribution >= 0.6 is 11.6 Å². The number of ether oxygens (including phenoxy) is 3. The minimum Gasteiger partial charge on any atom is -0.492 e. The van der Waals surface area contributed by atoms with Crippen molar-refractivity contribution in [3.63, 3.8) is 0 Å². The van der Waals surface area contributed by atoms with Crippen molar-refractivity contribution in [3.05, 3.63) is 47.5 Å². The zero-order valence-electron chi connectivity index (χ0n) is 16.4. The van der Waals surface area contributed by atoms with Crippen molar-refractivity contribution < 1.29 is 27.4 Å². The summed E-state index contributed by atoms with van der Waals surface area (Å²) in [5, 5.41) is 0.443. The highest BCUT2D eigenvalue weighted by molar-refractivity contribution is 6.32. The second-order valence-corrected chi connectivity index (χ2v) is 7.09. The molecule has 0 radical (unpaired) electrons. The minimum atomic E-state index is -4.37. The molecule has 160 valence electrons. The lowest BCUT2D eigenvalue weighted by molar-refractivity contribution is -0.153. The third-order valence-corrected chi connectivity index (χ3v) is 4.42. The topological polar surface area (TPSA) is 27.7 Å². The van der Waals surface area contributed by atoms with E-state index in [4.69, 9.17) is 21.1 Å². The van der Waals surface area contributed by atoms with Gasteiger partial charge in [-0.2, -0.15) is 13.2 Å². The first-order valence-electron chi connectivity index (χ1n) is 9.77. The molecule has 0 spiro atoms. The lowest BCUT2D eigenvalue weighted by Gasteiger charge is -2.12. The molecule has 2 rings (SSSR count). The zero-order valence-corrected chi connectivity index (χ0v) is 17.2. The van der Waals surface area contributed by atoms with Crippen molar-refractivity contribution in [2.24, 2.45) is 0 Å². The number of alkyl halides is 3. The van der Waals surface area contributed by atoms with Crippen LogP contribution < -0.4 is 14.2 Å². The summed E-state index contributed by atoms with van der Waals surface area (Å²) in [5.74, 6) is 1.68. The molecule has 0 fully saturated rings. The molecule has 0 saturated carbocycles. The maximum Gasteiger partial charge on any atom is 0.422 e.